The lowest BCUT2D eigenvalue weighted by Crippen LogP contribution is -1.95. The van der Waals surface area contributed by atoms with Crippen LogP contribution in [-0.4, -0.2) is 0 Å². The molecule has 2 nitrogen and oxygen atoms in total. The molecule has 0 amide bonds. The summed E-state index contributed by atoms with van der Waals surface area (Å²) < 4.78 is 0. The van der Waals surface area contributed by atoms with E-state index in [4.69, 9.17) is 11.5 Å². The molecule has 0 aliphatic heterocycles. The highest BCUT2D eigenvalue weighted by Crippen LogP contribution is 2.35. The molecule has 0 fully saturated rings. The zero-order valence-electron chi connectivity index (χ0n) is 7.95. The van der Waals surface area contributed by atoms with Gasteiger partial charge < -0.3 is 11.5 Å². The first-order chi connectivity index (χ1) is 6.70. The number of nitrogen functional groups attached to an aromatic ring is 2. The molecule has 0 radical (unpaired) electrons. The van der Waals surface area contributed by atoms with Crippen LogP contribution in [0.1, 0.15) is 5.56 Å². The van der Waals surface area contributed by atoms with Crippen LogP contribution in [0.25, 0.3) is 11.1 Å². The van der Waals surface area contributed by atoms with Crippen molar-refractivity contribution in [2.75, 3.05) is 11.5 Å². The van der Waals surface area contributed by atoms with Crippen LogP contribution in [0, 0.1) is 6.92 Å². The smallest absolute Gasteiger partial charge is 0.0415 e. The van der Waals surface area contributed by atoms with E-state index in [2.05, 4.69) is 17.7 Å². The molecule has 0 atom stereocenters. The Morgan fingerprint density at radius 2 is 1.71 bits per heavy atom. The Labute approximate surface area is 87.2 Å². The van der Waals surface area contributed by atoms with Gasteiger partial charge in [-0.3, -0.25) is 0 Å². The van der Waals surface area contributed by atoms with Crippen LogP contribution in [-0.2, 0) is 0 Å². The lowest BCUT2D eigenvalue weighted by atomic mass is 10.0. The van der Waals surface area contributed by atoms with Crippen molar-refractivity contribution in [1.82, 2.24) is 0 Å². The summed E-state index contributed by atoms with van der Waals surface area (Å²) in [6.45, 7) is 2.07. The first kappa shape index (κ1) is 9.09. The van der Waals surface area contributed by atoms with Crippen molar-refractivity contribution in [3.05, 3.63) is 34.5 Å². The summed E-state index contributed by atoms with van der Waals surface area (Å²) in [5.41, 5.74) is 16.6. The Hall–Kier alpha value is -1.48. The average molecular weight is 204 g/mol. The van der Waals surface area contributed by atoms with E-state index in [0.29, 0.717) is 0 Å². The molecule has 0 spiro atoms. The largest absolute Gasteiger partial charge is 0.398 e. The van der Waals surface area contributed by atoms with Crippen LogP contribution in [0.2, 0.25) is 0 Å². The molecule has 0 saturated heterocycles. The maximum absolute atomic E-state index is 5.91. The fourth-order valence-electron chi connectivity index (χ4n) is 1.52. The van der Waals surface area contributed by atoms with Gasteiger partial charge in [-0.1, -0.05) is 6.07 Å². The Morgan fingerprint density at radius 1 is 1.07 bits per heavy atom. The molecular formula is C11H12N2S. The lowest BCUT2D eigenvalue weighted by Gasteiger charge is -2.08. The Kier molecular flexibility index (Phi) is 2.17. The van der Waals surface area contributed by atoms with E-state index in [1.807, 2.05) is 18.2 Å². The van der Waals surface area contributed by atoms with Crippen molar-refractivity contribution < 1.29 is 0 Å². The molecule has 72 valence electrons. The minimum absolute atomic E-state index is 0.742. The van der Waals surface area contributed by atoms with E-state index in [1.54, 1.807) is 11.3 Å². The second kappa shape index (κ2) is 3.35. The Morgan fingerprint density at radius 3 is 2.21 bits per heavy atom. The zero-order valence-corrected chi connectivity index (χ0v) is 8.77. The first-order valence-electron chi connectivity index (χ1n) is 4.37. The van der Waals surface area contributed by atoms with Gasteiger partial charge in [-0.05, 0) is 40.9 Å². The van der Waals surface area contributed by atoms with Crippen molar-refractivity contribution in [2.45, 2.75) is 6.92 Å². The SMILES string of the molecule is Cc1cscc1-c1c(N)cccc1N. The normalized spacial score (nSPS) is 10.4. The summed E-state index contributed by atoms with van der Waals surface area (Å²) in [6.07, 6.45) is 0. The molecule has 2 aromatic rings. The Bertz CT molecular complexity index is 440. The first-order valence-corrected chi connectivity index (χ1v) is 5.31. The van der Waals surface area contributed by atoms with Crippen LogP contribution < -0.4 is 11.5 Å². The van der Waals surface area contributed by atoms with E-state index in [-0.39, 0.29) is 0 Å². The van der Waals surface area contributed by atoms with Crippen LogP contribution in [0.4, 0.5) is 11.4 Å². The molecule has 0 aliphatic carbocycles. The number of benzene rings is 1. The van der Waals surface area contributed by atoms with Crippen molar-refractivity contribution in [2.24, 2.45) is 0 Å². The third kappa shape index (κ3) is 1.36. The zero-order chi connectivity index (χ0) is 10.1. The van der Waals surface area contributed by atoms with Gasteiger partial charge in [-0.2, -0.15) is 11.3 Å². The third-order valence-electron chi connectivity index (χ3n) is 2.25. The fraction of sp³-hybridized carbons (Fsp3) is 0.0909. The number of aryl methyl sites for hydroxylation is 1. The van der Waals surface area contributed by atoms with E-state index in [1.165, 1.54) is 5.56 Å². The standard InChI is InChI=1S/C11H12N2S/c1-7-5-14-6-8(7)11-9(12)3-2-4-10(11)13/h2-6H,12-13H2,1H3. The topological polar surface area (TPSA) is 52.0 Å². The molecule has 0 unspecified atom stereocenters. The van der Waals surface area contributed by atoms with Gasteiger partial charge in [-0.15, -0.1) is 0 Å². The van der Waals surface area contributed by atoms with Crippen LogP contribution >= 0.6 is 11.3 Å². The lowest BCUT2D eigenvalue weighted by molar-refractivity contribution is 1.53. The number of hydrogen-bond acceptors (Lipinski definition) is 3. The highest BCUT2D eigenvalue weighted by Gasteiger charge is 2.09. The van der Waals surface area contributed by atoms with Gasteiger partial charge in [0, 0.05) is 16.9 Å². The summed E-state index contributed by atoms with van der Waals surface area (Å²) in [5.74, 6) is 0. The summed E-state index contributed by atoms with van der Waals surface area (Å²) in [4.78, 5) is 0. The predicted molar refractivity (Wildman–Crippen MR) is 63.3 cm³/mol. The van der Waals surface area contributed by atoms with Gasteiger partial charge in [0.1, 0.15) is 0 Å². The van der Waals surface area contributed by atoms with Gasteiger partial charge in [0.15, 0.2) is 0 Å². The molecule has 2 rings (SSSR count). The van der Waals surface area contributed by atoms with Gasteiger partial charge in [0.2, 0.25) is 0 Å². The predicted octanol–water partition coefficient (Wildman–Crippen LogP) is 2.89. The molecule has 0 bridgehead atoms. The van der Waals surface area contributed by atoms with Crippen molar-refractivity contribution >= 4 is 22.7 Å². The summed E-state index contributed by atoms with van der Waals surface area (Å²) in [6, 6.07) is 5.63. The number of hydrogen-bond donors (Lipinski definition) is 2. The number of rotatable bonds is 1. The summed E-state index contributed by atoms with van der Waals surface area (Å²) in [7, 11) is 0. The van der Waals surface area contributed by atoms with Gasteiger partial charge in [0.25, 0.3) is 0 Å². The van der Waals surface area contributed by atoms with E-state index < -0.39 is 0 Å². The molecule has 3 heteroatoms. The molecule has 14 heavy (non-hydrogen) atoms. The highest BCUT2D eigenvalue weighted by atomic mass is 32.1. The summed E-state index contributed by atoms with van der Waals surface area (Å²) >= 11 is 1.67. The minimum Gasteiger partial charge on any atom is -0.398 e. The molecule has 0 aliphatic rings. The monoisotopic (exact) mass is 204 g/mol. The van der Waals surface area contributed by atoms with Crippen LogP contribution in [0.15, 0.2) is 29.0 Å². The van der Waals surface area contributed by atoms with Crippen molar-refractivity contribution in [3.8, 4) is 11.1 Å². The molecule has 1 heterocycles. The second-order valence-corrected chi connectivity index (χ2v) is 4.02. The highest BCUT2D eigenvalue weighted by molar-refractivity contribution is 7.08. The van der Waals surface area contributed by atoms with E-state index in [0.717, 1.165) is 22.5 Å². The number of anilines is 2. The third-order valence-corrected chi connectivity index (χ3v) is 3.12. The van der Waals surface area contributed by atoms with Gasteiger partial charge in [0.05, 0.1) is 0 Å². The maximum Gasteiger partial charge on any atom is 0.0415 e. The fourth-order valence-corrected chi connectivity index (χ4v) is 2.36. The number of nitrogens with two attached hydrogens (primary N) is 2. The molecule has 0 saturated carbocycles. The minimum atomic E-state index is 0.742. The molecular weight excluding hydrogens is 192 g/mol. The van der Waals surface area contributed by atoms with E-state index >= 15 is 0 Å². The average Bonchev–Trinajstić information content (AvgIpc) is 2.52. The van der Waals surface area contributed by atoms with Gasteiger partial charge >= 0.3 is 0 Å². The Balaban J connectivity index is 2.68. The van der Waals surface area contributed by atoms with Crippen molar-refractivity contribution in [3.63, 3.8) is 0 Å². The molecule has 1 aromatic heterocycles. The number of thiophene rings is 1. The van der Waals surface area contributed by atoms with Crippen molar-refractivity contribution in [1.29, 1.82) is 0 Å². The van der Waals surface area contributed by atoms with E-state index in [9.17, 15) is 0 Å². The molecule has 1 aromatic carbocycles. The molecule has 4 N–H and O–H groups in total. The van der Waals surface area contributed by atoms with Crippen LogP contribution in [0.5, 0.6) is 0 Å². The van der Waals surface area contributed by atoms with Crippen LogP contribution in [0.3, 0.4) is 0 Å². The summed E-state index contributed by atoms with van der Waals surface area (Å²) in [5, 5.41) is 4.18. The van der Waals surface area contributed by atoms with Gasteiger partial charge in [-0.25, -0.2) is 0 Å². The second-order valence-electron chi connectivity index (χ2n) is 3.28. The maximum atomic E-state index is 5.91. The quantitative estimate of drug-likeness (QED) is 0.702.